The van der Waals surface area contributed by atoms with E-state index in [1.165, 1.54) is 23.7 Å². The Morgan fingerprint density at radius 3 is 2.87 bits per heavy atom. The predicted octanol–water partition coefficient (Wildman–Crippen LogP) is 1.40. The summed E-state index contributed by atoms with van der Waals surface area (Å²) in [4.78, 5) is 31.0. The van der Waals surface area contributed by atoms with Gasteiger partial charge in [-0.05, 0) is 25.7 Å². The van der Waals surface area contributed by atoms with Crippen molar-refractivity contribution in [3.05, 3.63) is 27.9 Å². The number of nitrogens with zero attached hydrogens (tertiary/aromatic N) is 3. The van der Waals surface area contributed by atoms with Gasteiger partial charge in [-0.1, -0.05) is 19.8 Å². The standard InChI is InChI=1S/C17H25N3O3/c1-3-15(23-12-6-4-5-7-12)17(22)20-9-8-13-14(10-20)18-11-19(2)16(13)21/h11-12,15H,3-10H2,1-2H3/t15-/m1/s1. The van der Waals surface area contributed by atoms with Crippen LogP contribution >= 0.6 is 0 Å². The van der Waals surface area contributed by atoms with Crippen molar-refractivity contribution in [3.8, 4) is 0 Å². The van der Waals surface area contributed by atoms with Crippen LogP contribution in [0.5, 0.6) is 0 Å². The van der Waals surface area contributed by atoms with Gasteiger partial charge in [0.15, 0.2) is 0 Å². The largest absolute Gasteiger partial charge is 0.365 e. The molecule has 0 aromatic carbocycles. The zero-order chi connectivity index (χ0) is 16.4. The van der Waals surface area contributed by atoms with Gasteiger partial charge in [0.1, 0.15) is 6.10 Å². The molecule has 1 fully saturated rings. The van der Waals surface area contributed by atoms with Gasteiger partial charge in [0.2, 0.25) is 0 Å². The Hall–Kier alpha value is -1.69. The lowest BCUT2D eigenvalue weighted by Crippen LogP contribution is -2.45. The lowest BCUT2D eigenvalue weighted by molar-refractivity contribution is -0.148. The minimum Gasteiger partial charge on any atom is -0.365 e. The molecule has 1 saturated carbocycles. The van der Waals surface area contributed by atoms with Crippen LogP contribution in [0.1, 0.15) is 50.3 Å². The lowest BCUT2D eigenvalue weighted by Gasteiger charge is -2.31. The van der Waals surface area contributed by atoms with Crippen molar-refractivity contribution in [2.24, 2.45) is 7.05 Å². The van der Waals surface area contributed by atoms with Crippen molar-refractivity contribution in [3.63, 3.8) is 0 Å². The van der Waals surface area contributed by atoms with E-state index >= 15 is 0 Å². The highest BCUT2D eigenvalue weighted by Crippen LogP contribution is 2.24. The molecule has 0 spiro atoms. The molecule has 1 aliphatic carbocycles. The first-order valence-corrected chi connectivity index (χ1v) is 8.57. The monoisotopic (exact) mass is 319 g/mol. The predicted molar refractivity (Wildman–Crippen MR) is 86.0 cm³/mol. The first kappa shape index (κ1) is 16.2. The average Bonchev–Trinajstić information content (AvgIpc) is 3.08. The maximum Gasteiger partial charge on any atom is 0.256 e. The summed E-state index contributed by atoms with van der Waals surface area (Å²) >= 11 is 0. The Labute approximate surface area is 136 Å². The number of carbonyl (C=O) groups is 1. The first-order valence-electron chi connectivity index (χ1n) is 8.57. The number of fused-ring (bicyclic) bond motifs is 1. The zero-order valence-electron chi connectivity index (χ0n) is 14.0. The van der Waals surface area contributed by atoms with Crippen LogP contribution < -0.4 is 5.56 Å². The molecule has 0 bridgehead atoms. The summed E-state index contributed by atoms with van der Waals surface area (Å²) in [5.41, 5.74) is 1.46. The number of rotatable bonds is 4. The van der Waals surface area contributed by atoms with Crippen LogP contribution in [0.4, 0.5) is 0 Å². The summed E-state index contributed by atoms with van der Waals surface area (Å²) in [6, 6.07) is 0. The van der Waals surface area contributed by atoms with Gasteiger partial charge in [-0.25, -0.2) is 4.98 Å². The molecule has 126 valence electrons. The minimum absolute atomic E-state index is 0.00338. The van der Waals surface area contributed by atoms with Crippen molar-refractivity contribution in [1.82, 2.24) is 14.5 Å². The molecule has 0 N–H and O–H groups in total. The van der Waals surface area contributed by atoms with Gasteiger partial charge in [-0.3, -0.25) is 9.59 Å². The van der Waals surface area contributed by atoms with E-state index in [1.54, 1.807) is 11.9 Å². The maximum atomic E-state index is 12.8. The van der Waals surface area contributed by atoms with E-state index in [0.717, 1.165) is 24.1 Å². The summed E-state index contributed by atoms with van der Waals surface area (Å²) in [6.07, 6.45) is 7.15. The molecular formula is C17H25N3O3. The second-order valence-corrected chi connectivity index (χ2v) is 6.54. The maximum absolute atomic E-state index is 12.8. The van der Waals surface area contributed by atoms with Crippen LogP contribution in [-0.2, 0) is 29.5 Å². The second kappa shape index (κ2) is 6.83. The van der Waals surface area contributed by atoms with Crippen LogP contribution in [0.25, 0.3) is 0 Å². The van der Waals surface area contributed by atoms with E-state index in [0.29, 0.717) is 25.9 Å². The van der Waals surface area contributed by atoms with Crippen LogP contribution in [0.15, 0.2) is 11.1 Å². The third kappa shape index (κ3) is 3.32. The summed E-state index contributed by atoms with van der Waals surface area (Å²) in [5.74, 6) is 0.0347. The van der Waals surface area contributed by atoms with Gasteiger partial charge in [-0.2, -0.15) is 0 Å². The minimum atomic E-state index is -0.369. The SMILES string of the molecule is CC[C@@H](OC1CCCC1)C(=O)N1CCc2c(ncn(C)c2=O)C1. The quantitative estimate of drug-likeness (QED) is 0.841. The molecule has 3 rings (SSSR count). The Kier molecular flexibility index (Phi) is 4.80. The Balaban J connectivity index is 1.70. The molecule has 2 aliphatic rings. The number of ether oxygens (including phenoxy) is 1. The fourth-order valence-electron chi connectivity index (χ4n) is 3.49. The number of hydrogen-bond donors (Lipinski definition) is 0. The van der Waals surface area contributed by atoms with E-state index in [2.05, 4.69) is 4.98 Å². The molecule has 1 aromatic heterocycles. The van der Waals surface area contributed by atoms with Gasteiger partial charge in [0, 0.05) is 19.2 Å². The van der Waals surface area contributed by atoms with E-state index in [9.17, 15) is 9.59 Å². The Morgan fingerprint density at radius 1 is 1.43 bits per heavy atom. The Bertz CT molecular complexity index is 634. The molecule has 2 heterocycles. The fraction of sp³-hybridized carbons (Fsp3) is 0.706. The molecular weight excluding hydrogens is 294 g/mol. The summed E-state index contributed by atoms with van der Waals surface area (Å²) in [6.45, 7) is 2.97. The number of amides is 1. The molecule has 6 nitrogen and oxygen atoms in total. The smallest absolute Gasteiger partial charge is 0.256 e. The first-order chi connectivity index (χ1) is 11.1. The molecule has 0 saturated heterocycles. The summed E-state index contributed by atoms with van der Waals surface area (Å²) < 4.78 is 7.52. The molecule has 1 aromatic rings. The van der Waals surface area contributed by atoms with Crippen molar-refractivity contribution in [2.45, 2.75) is 64.2 Å². The highest BCUT2D eigenvalue weighted by Gasteiger charge is 2.31. The Morgan fingerprint density at radius 2 is 2.17 bits per heavy atom. The van der Waals surface area contributed by atoms with Gasteiger partial charge in [0.25, 0.3) is 11.5 Å². The lowest BCUT2D eigenvalue weighted by atomic mass is 10.1. The van der Waals surface area contributed by atoms with Crippen molar-refractivity contribution >= 4 is 5.91 Å². The van der Waals surface area contributed by atoms with Gasteiger partial charge in [0.05, 0.1) is 24.7 Å². The zero-order valence-corrected chi connectivity index (χ0v) is 14.0. The van der Waals surface area contributed by atoms with E-state index in [-0.39, 0.29) is 23.7 Å². The fourth-order valence-corrected chi connectivity index (χ4v) is 3.49. The topological polar surface area (TPSA) is 64.4 Å². The third-order valence-electron chi connectivity index (χ3n) is 4.90. The molecule has 23 heavy (non-hydrogen) atoms. The number of aromatic nitrogens is 2. The second-order valence-electron chi connectivity index (χ2n) is 6.54. The molecule has 0 radical (unpaired) electrons. The van der Waals surface area contributed by atoms with Crippen molar-refractivity contribution < 1.29 is 9.53 Å². The van der Waals surface area contributed by atoms with Crippen molar-refractivity contribution in [2.75, 3.05) is 6.54 Å². The summed E-state index contributed by atoms with van der Waals surface area (Å²) in [7, 11) is 1.70. The molecule has 6 heteroatoms. The van der Waals surface area contributed by atoms with Crippen LogP contribution in [0.2, 0.25) is 0 Å². The number of carbonyl (C=O) groups excluding carboxylic acids is 1. The third-order valence-corrected chi connectivity index (χ3v) is 4.90. The van der Waals surface area contributed by atoms with E-state index < -0.39 is 0 Å². The van der Waals surface area contributed by atoms with E-state index in [4.69, 9.17) is 4.74 Å². The molecule has 1 amide bonds. The normalized spacial score (nSPS) is 19.7. The van der Waals surface area contributed by atoms with Gasteiger partial charge >= 0.3 is 0 Å². The van der Waals surface area contributed by atoms with Crippen molar-refractivity contribution in [1.29, 1.82) is 0 Å². The number of aryl methyl sites for hydroxylation is 1. The average molecular weight is 319 g/mol. The highest BCUT2D eigenvalue weighted by atomic mass is 16.5. The molecule has 1 aliphatic heterocycles. The van der Waals surface area contributed by atoms with E-state index in [1.807, 2.05) is 6.92 Å². The molecule has 1 atom stereocenters. The molecule has 0 unspecified atom stereocenters. The summed E-state index contributed by atoms with van der Waals surface area (Å²) in [5, 5.41) is 0. The van der Waals surface area contributed by atoms with Crippen LogP contribution in [0, 0.1) is 0 Å². The highest BCUT2D eigenvalue weighted by molar-refractivity contribution is 5.81. The van der Waals surface area contributed by atoms with Gasteiger partial charge < -0.3 is 14.2 Å². The van der Waals surface area contributed by atoms with Crippen LogP contribution in [0.3, 0.4) is 0 Å². The van der Waals surface area contributed by atoms with Crippen LogP contribution in [-0.4, -0.2) is 39.1 Å². The van der Waals surface area contributed by atoms with Gasteiger partial charge in [-0.15, -0.1) is 0 Å². The number of hydrogen-bond acceptors (Lipinski definition) is 4.